The maximum absolute atomic E-state index is 5.08. The molecule has 0 amide bonds. The number of fused-ring (bicyclic) bond motifs is 1. The van der Waals surface area contributed by atoms with E-state index < -0.39 is 0 Å². The summed E-state index contributed by atoms with van der Waals surface area (Å²) in [5, 5.41) is 0. The first-order valence-corrected chi connectivity index (χ1v) is 11.1. The van der Waals surface area contributed by atoms with Crippen LogP contribution in [0, 0.1) is 0 Å². The zero-order valence-corrected chi connectivity index (χ0v) is 19.0. The van der Waals surface area contributed by atoms with Crippen molar-refractivity contribution in [1.82, 2.24) is 9.55 Å². The first-order valence-electron chi connectivity index (χ1n) is 11.1. The second-order valence-electron chi connectivity index (χ2n) is 9.14. The van der Waals surface area contributed by atoms with Crippen molar-refractivity contribution < 1.29 is 0 Å². The summed E-state index contributed by atoms with van der Waals surface area (Å²) in [7, 11) is 0. The van der Waals surface area contributed by atoms with Crippen LogP contribution in [-0.2, 0) is 0 Å². The van der Waals surface area contributed by atoms with Crippen molar-refractivity contribution in [3.05, 3.63) is 83.4 Å². The second kappa shape index (κ2) is 8.10. The summed E-state index contributed by atoms with van der Waals surface area (Å²) >= 11 is 0. The Bertz CT molecular complexity index is 1130. The van der Waals surface area contributed by atoms with E-state index in [9.17, 15) is 0 Å². The van der Waals surface area contributed by atoms with E-state index in [0.717, 1.165) is 22.4 Å². The number of nitrogens with zero attached hydrogens (tertiary/aromatic N) is 2. The highest BCUT2D eigenvalue weighted by Gasteiger charge is 2.23. The molecular weight excluding hydrogens is 364 g/mol. The molecule has 4 aromatic rings. The lowest BCUT2D eigenvalue weighted by Gasteiger charge is -2.25. The lowest BCUT2D eigenvalue weighted by atomic mass is 9.87. The Morgan fingerprint density at radius 2 is 1.23 bits per heavy atom. The molecule has 3 aromatic carbocycles. The summed E-state index contributed by atoms with van der Waals surface area (Å²) in [6.07, 6.45) is 0. The molecule has 0 aliphatic carbocycles. The molecule has 0 saturated heterocycles. The largest absolute Gasteiger partial charge is 0.292 e. The third kappa shape index (κ3) is 3.56. The molecule has 0 unspecified atom stereocenters. The van der Waals surface area contributed by atoms with Crippen LogP contribution in [-0.4, -0.2) is 9.55 Å². The van der Waals surface area contributed by atoms with Crippen molar-refractivity contribution in [2.75, 3.05) is 0 Å². The fourth-order valence-electron chi connectivity index (χ4n) is 4.21. The third-order valence-corrected chi connectivity index (χ3v) is 5.92. The van der Waals surface area contributed by atoms with Crippen LogP contribution >= 0.6 is 0 Å². The molecule has 0 radical (unpaired) electrons. The van der Waals surface area contributed by atoms with Crippen LogP contribution in [0.25, 0.3) is 28.1 Å². The average molecular weight is 397 g/mol. The summed E-state index contributed by atoms with van der Waals surface area (Å²) in [6.45, 7) is 13.8. The van der Waals surface area contributed by atoms with Gasteiger partial charge in [-0.05, 0) is 46.6 Å². The molecule has 4 rings (SSSR count). The molecule has 0 bridgehead atoms. The number of aromatic nitrogens is 2. The van der Waals surface area contributed by atoms with Gasteiger partial charge in [0, 0.05) is 5.56 Å². The second-order valence-corrected chi connectivity index (χ2v) is 9.14. The lowest BCUT2D eigenvalue weighted by molar-refractivity contribution is 0.788. The highest BCUT2D eigenvalue weighted by atomic mass is 15.1. The van der Waals surface area contributed by atoms with Crippen LogP contribution in [0.2, 0.25) is 0 Å². The van der Waals surface area contributed by atoms with Gasteiger partial charge in [-0.15, -0.1) is 0 Å². The van der Waals surface area contributed by atoms with Gasteiger partial charge in [0.25, 0.3) is 0 Å². The first kappa shape index (κ1) is 20.4. The molecule has 1 aromatic heterocycles. The molecule has 30 heavy (non-hydrogen) atoms. The van der Waals surface area contributed by atoms with Crippen molar-refractivity contribution in [3.63, 3.8) is 0 Å². The van der Waals surface area contributed by atoms with E-state index in [4.69, 9.17) is 4.98 Å². The van der Waals surface area contributed by atoms with Gasteiger partial charge in [-0.1, -0.05) is 96.1 Å². The fraction of sp³-hybridized carbons (Fsp3) is 0.321. The van der Waals surface area contributed by atoms with Gasteiger partial charge >= 0.3 is 0 Å². The molecule has 0 N–H and O–H groups in total. The van der Waals surface area contributed by atoms with Crippen molar-refractivity contribution in [3.8, 4) is 17.1 Å². The smallest absolute Gasteiger partial charge is 0.145 e. The Kier molecular flexibility index (Phi) is 5.51. The Morgan fingerprint density at radius 3 is 1.80 bits per heavy atom. The third-order valence-electron chi connectivity index (χ3n) is 5.92. The van der Waals surface area contributed by atoms with E-state index in [1.807, 2.05) is 0 Å². The molecule has 0 spiro atoms. The number of para-hydroxylation sites is 2. The van der Waals surface area contributed by atoms with E-state index in [0.29, 0.717) is 17.8 Å². The Labute approximate surface area is 180 Å². The highest BCUT2D eigenvalue weighted by Crippen LogP contribution is 2.39. The molecule has 0 fully saturated rings. The molecule has 0 atom stereocenters. The lowest BCUT2D eigenvalue weighted by Crippen LogP contribution is -2.10. The van der Waals surface area contributed by atoms with Gasteiger partial charge in [-0.3, -0.25) is 4.57 Å². The van der Waals surface area contributed by atoms with Gasteiger partial charge in [0.1, 0.15) is 5.82 Å². The van der Waals surface area contributed by atoms with Gasteiger partial charge < -0.3 is 0 Å². The summed E-state index contributed by atoms with van der Waals surface area (Å²) in [5.74, 6) is 2.35. The van der Waals surface area contributed by atoms with Crippen LogP contribution in [0.5, 0.6) is 0 Å². The zero-order chi connectivity index (χ0) is 21.4. The Hall–Kier alpha value is -2.87. The van der Waals surface area contributed by atoms with Crippen molar-refractivity contribution in [2.45, 2.75) is 59.3 Å². The Morgan fingerprint density at radius 1 is 0.667 bits per heavy atom. The maximum atomic E-state index is 5.08. The molecular formula is C28H32N2. The zero-order valence-electron chi connectivity index (χ0n) is 19.0. The SMILES string of the molecule is CC(C)c1cc(C(C)C)c(-n2c(-c3ccccc3)nc3ccccc32)c(C(C)C)c1. The average Bonchev–Trinajstić information content (AvgIpc) is 3.12. The van der Waals surface area contributed by atoms with Gasteiger partial charge in [-0.25, -0.2) is 4.98 Å². The van der Waals surface area contributed by atoms with Gasteiger partial charge in [0.2, 0.25) is 0 Å². The van der Waals surface area contributed by atoms with E-state index in [2.05, 4.69) is 113 Å². The minimum Gasteiger partial charge on any atom is -0.292 e. The van der Waals surface area contributed by atoms with E-state index in [1.54, 1.807) is 0 Å². The maximum Gasteiger partial charge on any atom is 0.145 e. The first-order chi connectivity index (χ1) is 14.4. The number of imidazole rings is 1. The standard InChI is InChI=1S/C28H32N2/c1-18(2)22-16-23(19(3)4)27(24(17-22)20(5)6)30-26-15-11-10-14-25(26)29-28(30)21-12-8-7-9-13-21/h7-20H,1-6H3. The van der Waals surface area contributed by atoms with E-state index in [1.165, 1.54) is 22.4 Å². The van der Waals surface area contributed by atoms with Gasteiger partial charge in [0.15, 0.2) is 0 Å². The quantitative estimate of drug-likeness (QED) is 0.333. The number of benzene rings is 3. The minimum absolute atomic E-state index is 0.418. The normalized spacial score (nSPS) is 11.9. The highest BCUT2D eigenvalue weighted by molar-refractivity contribution is 5.84. The molecule has 1 heterocycles. The predicted molar refractivity (Wildman–Crippen MR) is 129 cm³/mol. The van der Waals surface area contributed by atoms with Crippen molar-refractivity contribution >= 4 is 11.0 Å². The minimum atomic E-state index is 0.418. The molecule has 0 aliphatic heterocycles. The van der Waals surface area contributed by atoms with E-state index >= 15 is 0 Å². The van der Waals surface area contributed by atoms with Gasteiger partial charge in [0.05, 0.1) is 16.7 Å². The fourth-order valence-corrected chi connectivity index (χ4v) is 4.21. The summed E-state index contributed by atoms with van der Waals surface area (Å²) < 4.78 is 2.40. The number of hydrogen-bond donors (Lipinski definition) is 0. The van der Waals surface area contributed by atoms with Crippen LogP contribution in [0.1, 0.15) is 76.0 Å². The van der Waals surface area contributed by atoms with Crippen LogP contribution in [0.3, 0.4) is 0 Å². The van der Waals surface area contributed by atoms with Crippen molar-refractivity contribution in [2.24, 2.45) is 0 Å². The molecule has 0 aliphatic rings. The molecule has 154 valence electrons. The van der Waals surface area contributed by atoms with Crippen LogP contribution in [0.15, 0.2) is 66.7 Å². The van der Waals surface area contributed by atoms with Crippen LogP contribution in [0.4, 0.5) is 0 Å². The van der Waals surface area contributed by atoms with Crippen molar-refractivity contribution in [1.29, 1.82) is 0 Å². The summed E-state index contributed by atoms with van der Waals surface area (Å²) in [6, 6.07) is 23.9. The number of rotatable bonds is 5. The Balaban J connectivity index is 2.15. The molecule has 2 nitrogen and oxygen atoms in total. The molecule has 2 heteroatoms. The van der Waals surface area contributed by atoms with Crippen LogP contribution < -0.4 is 0 Å². The predicted octanol–water partition coefficient (Wildman–Crippen LogP) is 8.06. The van der Waals surface area contributed by atoms with E-state index in [-0.39, 0.29) is 0 Å². The molecule has 0 saturated carbocycles. The monoisotopic (exact) mass is 396 g/mol. The summed E-state index contributed by atoms with van der Waals surface area (Å²) in [4.78, 5) is 5.08. The number of hydrogen-bond acceptors (Lipinski definition) is 1. The topological polar surface area (TPSA) is 17.8 Å². The summed E-state index contributed by atoms with van der Waals surface area (Å²) in [5.41, 5.74) is 8.85. The van der Waals surface area contributed by atoms with Gasteiger partial charge in [-0.2, -0.15) is 0 Å².